The second-order valence-electron chi connectivity index (χ2n) is 5.72. The van der Waals surface area contributed by atoms with Crippen molar-refractivity contribution in [2.24, 2.45) is 0 Å². The van der Waals surface area contributed by atoms with Gasteiger partial charge in [0.1, 0.15) is 0 Å². The lowest BCUT2D eigenvalue weighted by molar-refractivity contribution is 0.0526. The zero-order valence-electron chi connectivity index (χ0n) is 14.2. The smallest absolute Gasteiger partial charge is 0.338 e. The van der Waals surface area contributed by atoms with Gasteiger partial charge in [-0.3, -0.25) is 0 Å². The van der Waals surface area contributed by atoms with E-state index < -0.39 is 0 Å². The maximum Gasteiger partial charge on any atom is 0.338 e. The number of carbonyl (C=O) groups is 1. The number of hydrogen-bond donors (Lipinski definition) is 1. The van der Waals surface area contributed by atoms with Crippen LogP contribution in [0.15, 0.2) is 78.9 Å². The Labute approximate surface area is 148 Å². The van der Waals surface area contributed by atoms with Crippen LogP contribution in [0.3, 0.4) is 0 Å². The minimum Gasteiger partial charge on any atom is -0.462 e. The maximum atomic E-state index is 11.8. The van der Waals surface area contributed by atoms with E-state index in [1.807, 2.05) is 36.4 Å². The third kappa shape index (κ3) is 4.48. The molecule has 0 bridgehead atoms. The molecule has 0 unspecified atom stereocenters. The first kappa shape index (κ1) is 16.8. The van der Waals surface area contributed by atoms with Crippen LogP contribution in [0.25, 0.3) is 11.1 Å². The minimum absolute atomic E-state index is 0.293. The van der Waals surface area contributed by atoms with Gasteiger partial charge in [-0.2, -0.15) is 0 Å². The van der Waals surface area contributed by atoms with Crippen molar-refractivity contribution in [2.45, 2.75) is 13.5 Å². The maximum absolute atomic E-state index is 11.8. The molecule has 0 radical (unpaired) electrons. The number of ether oxygens (including phenoxy) is 1. The molecule has 0 atom stereocenters. The zero-order valence-corrected chi connectivity index (χ0v) is 14.2. The average Bonchev–Trinajstić information content (AvgIpc) is 2.68. The van der Waals surface area contributed by atoms with E-state index in [-0.39, 0.29) is 5.97 Å². The van der Waals surface area contributed by atoms with E-state index >= 15 is 0 Å². The first-order valence-corrected chi connectivity index (χ1v) is 8.41. The van der Waals surface area contributed by atoms with E-state index in [1.54, 1.807) is 13.0 Å². The molecule has 1 N–H and O–H groups in total. The Kier molecular flexibility index (Phi) is 5.47. The monoisotopic (exact) mass is 331 g/mol. The molecule has 0 saturated heterocycles. The average molecular weight is 331 g/mol. The molecule has 3 aromatic carbocycles. The lowest BCUT2D eigenvalue weighted by Gasteiger charge is -2.09. The predicted octanol–water partition coefficient (Wildman–Crippen LogP) is 5.14. The van der Waals surface area contributed by atoms with Crippen molar-refractivity contribution >= 4 is 11.7 Å². The second kappa shape index (κ2) is 8.15. The fraction of sp³-hybridized carbons (Fsp3) is 0.136. The zero-order chi connectivity index (χ0) is 17.5. The number of nitrogens with one attached hydrogen (secondary N) is 1. The first-order valence-electron chi connectivity index (χ1n) is 8.41. The normalized spacial score (nSPS) is 10.3. The van der Waals surface area contributed by atoms with Crippen molar-refractivity contribution in [3.05, 3.63) is 90.0 Å². The summed E-state index contributed by atoms with van der Waals surface area (Å²) in [6.07, 6.45) is 0. The Balaban J connectivity index is 1.64. The SMILES string of the molecule is CCOC(=O)c1cccc(NCc2ccc(-c3ccccc3)cc2)c1. The van der Waals surface area contributed by atoms with Gasteiger partial charge in [0.15, 0.2) is 0 Å². The van der Waals surface area contributed by atoms with Crippen molar-refractivity contribution in [3.63, 3.8) is 0 Å². The fourth-order valence-corrected chi connectivity index (χ4v) is 2.62. The summed E-state index contributed by atoms with van der Waals surface area (Å²) in [4.78, 5) is 11.8. The largest absolute Gasteiger partial charge is 0.462 e. The molecule has 0 aliphatic carbocycles. The van der Waals surface area contributed by atoms with Crippen molar-refractivity contribution in [1.82, 2.24) is 0 Å². The molecule has 0 amide bonds. The van der Waals surface area contributed by atoms with Crippen LogP contribution < -0.4 is 5.32 Å². The molecular weight excluding hydrogens is 310 g/mol. The van der Waals surface area contributed by atoms with E-state index in [4.69, 9.17) is 4.74 Å². The van der Waals surface area contributed by atoms with Gasteiger partial charge in [-0.05, 0) is 41.8 Å². The van der Waals surface area contributed by atoms with Crippen molar-refractivity contribution in [3.8, 4) is 11.1 Å². The van der Waals surface area contributed by atoms with Gasteiger partial charge in [-0.25, -0.2) is 4.79 Å². The van der Waals surface area contributed by atoms with Crippen molar-refractivity contribution < 1.29 is 9.53 Å². The second-order valence-corrected chi connectivity index (χ2v) is 5.72. The summed E-state index contributed by atoms with van der Waals surface area (Å²) in [5, 5.41) is 3.35. The highest BCUT2D eigenvalue weighted by Gasteiger charge is 2.06. The summed E-state index contributed by atoms with van der Waals surface area (Å²) >= 11 is 0. The Hall–Kier alpha value is -3.07. The van der Waals surface area contributed by atoms with Gasteiger partial charge in [0, 0.05) is 12.2 Å². The lowest BCUT2D eigenvalue weighted by Crippen LogP contribution is -2.06. The van der Waals surface area contributed by atoms with E-state index in [2.05, 4.69) is 41.7 Å². The quantitative estimate of drug-likeness (QED) is 0.635. The Morgan fingerprint density at radius 3 is 2.32 bits per heavy atom. The van der Waals surface area contributed by atoms with Gasteiger partial charge in [0.25, 0.3) is 0 Å². The fourth-order valence-electron chi connectivity index (χ4n) is 2.62. The third-order valence-electron chi connectivity index (χ3n) is 3.93. The number of rotatable bonds is 6. The van der Waals surface area contributed by atoms with Crippen LogP contribution in [0.5, 0.6) is 0 Å². The molecule has 3 heteroatoms. The van der Waals surface area contributed by atoms with Crippen LogP contribution in [-0.2, 0) is 11.3 Å². The molecule has 0 aromatic heterocycles. The van der Waals surface area contributed by atoms with Gasteiger partial charge in [-0.1, -0.05) is 60.7 Å². The highest BCUT2D eigenvalue weighted by molar-refractivity contribution is 5.90. The summed E-state index contributed by atoms with van der Waals surface area (Å²) in [5.41, 5.74) is 5.06. The summed E-state index contributed by atoms with van der Waals surface area (Å²) in [7, 11) is 0. The van der Waals surface area contributed by atoms with E-state index in [0.29, 0.717) is 18.7 Å². The summed E-state index contributed by atoms with van der Waals surface area (Å²) in [6.45, 7) is 2.88. The van der Waals surface area contributed by atoms with E-state index in [9.17, 15) is 4.79 Å². The molecule has 0 fully saturated rings. The van der Waals surface area contributed by atoms with Gasteiger partial charge >= 0.3 is 5.97 Å². The van der Waals surface area contributed by atoms with E-state index in [0.717, 1.165) is 5.69 Å². The minimum atomic E-state index is -0.293. The van der Waals surface area contributed by atoms with Crippen LogP contribution in [-0.4, -0.2) is 12.6 Å². The standard InChI is InChI=1S/C22H21NO2/c1-2-25-22(24)20-9-6-10-21(15-20)23-16-17-11-13-19(14-12-17)18-7-4-3-5-8-18/h3-15,23H,2,16H2,1H3. The highest BCUT2D eigenvalue weighted by Crippen LogP contribution is 2.20. The summed E-state index contributed by atoms with van der Waals surface area (Å²) in [5.74, 6) is -0.293. The number of hydrogen-bond acceptors (Lipinski definition) is 3. The molecule has 0 spiro atoms. The van der Waals surface area contributed by atoms with Crippen LogP contribution in [0.4, 0.5) is 5.69 Å². The predicted molar refractivity (Wildman–Crippen MR) is 102 cm³/mol. The topological polar surface area (TPSA) is 38.3 Å². The Morgan fingerprint density at radius 2 is 1.60 bits per heavy atom. The molecule has 3 nitrogen and oxygen atoms in total. The Morgan fingerprint density at radius 1 is 0.880 bits per heavy atom. The molecular formula is C22H21NO2. The first-order chi connectivity index (χ1) is 12.3. The Bertz CT molecular complexity index is 826. The van der Waals surface area contributed by atoms with Gasteiger partial charge < -0.3 is 10.1 Å². The van der Waals surface area contributed by atoms with Gasteiger partial charge in [-0.15, -0.1) is 0 Å². The van der Waals surface area contributed by atoms with Crippen LogP contribution in [0.2, 0.25) is 0 Å². The number of benzene rings is 3. The molecule has 3 aromatic rings. The molecule has 0 saturated carbocycles. The molecule has 0 aliphatic rings. The molecule has 25 heavy (non-hydrogen) atoms. The lowest BCUT2D eigenvalue weighted by atomic mass is 10.0. The van der Waals surface area contributed by atoms with Crippen molar-refractivity contribution in [2.75, 3.05) is 11.9 Å². The number of esters is 1. The number of carbonyl (C=O) groups excluding carboxylic acids is 1. The van der Waals surface area contributed by atoms with Crippen molar-refractivity contribution in [1.29, 1.82) is 0 Å². The molecule has 126 valence electrons. The van der Waals surface area contributed by atoms with Crippen LogP contribution in [0, 0.1) is 0 Å². The van der Waals surface area contributed by atoms with E-state index in [1.165, 1.54) is 16.7 Å². The molecule has 0 aliphatic heterocycles. The van der Waals surface area contributed by atoms with Gasteiger partial charge in [0.2, 0.25) is 0 Å². The third-order valence-corrected chi connectivity index (χ3v) is 3.93. The van der Waals surface area contributed by atoms with Crippen LogP contribution in [0.1, 0.15) is 22.8 Å². The summed E-state index contributed by atoms with van der Waals surface area (Å²) < 4.78 is 5.03. The molecule has 3 rings (SSSR count). The molecule has 0 heterocycles. The van der Waals surface area contributed by atoms with Crippen LogP contribution >= 0.6 is 0 Å². The number of anilines is 1. The highest BCUT2D eigenvalue weighted by atomic mass is 16.5. The van der Waals surface area contributed by atoms with Gasteiger partial charge in [0.05, 0.1) is 12.2 Å². The summed E-state index contributed by atoms with van der Waals surface area (Å²) in [6, 6.07) is 26.2.